The van der Waals surface area contributed by atoms with E-state index < -0.39 is 0 Å². The lowest BCUT2D eigenvalue weighted by molar-refractivity contribution is 0.244. The van der Waals surface area contributed by atoms with Gasteiger partial charge >= 0.3 is 0 Å². The van der Waals surface area contributed by atoms with Gasteiger partial charge in [0, 0.05) is 17.1 Å². The first-order valence-electron chi connectivity index (χ1n) is 5.11. The fourth-order valence-corrected chi connectivity index (χ4v) is 1.41. The maximum atomic E-state index is 13.3. The lowest BCUT2D eigenvalue weighted by Gasteiger charge is -2.06. The summed E-state index contributed by atoms with van der Waals surface area (Å²) >= 11 is 5.65. The number of benzene rings is 1. The van der Waals surface area contributed by atoms with Crippen molar-refractivity contribution in [2.45, 2.75) is 13.0 Å². The van der Waals surface area contributed by atoms with Crippen molar-refractivity contribution in [1.29, 1.82) is 0 Å². The molecular weight excluding hydrogens is 229 g/mol. The Bertz CT molecular complexity index is 344. The molecule has 0 aliphatic heterocycles. The molecule has 1 N–H and O–H groups in total. The molecule has 0 saturated heterocycles. The highest BCUT2D eigenvalue weighted by Gasteiger charge is 2.01. The Morgan fingerprint density at radius 3 is 3.00 bits per heavy atom. The second-order valence-electron chi connectivity index (χ2n) is 3.30. The molecule has 0 aliphatic rings. The molecule has 0 amide bonds. The minimum Gasteiger partial charge on any atom is -0.502 e. The van der Waals surface area contributed by atoms with Crippen LogP contribution in [0.1, 0.15) is 12.0 Å². The molecule has 1 aromatic carbocycles. The van der Waals surface area contributed by atoms with E-state index in [4.69, 9.17) is 16.3 Å². The monoisotopic (exact) mass is 243 g/mol. The Morgan fingerprint density at radius 1 is 1.50 bits per heavy atom. The van der Waals surface area contributed by atoms with Crippen molar-refractivity contribution in [1.82, 2.24) is 5.32 Å². The van der Waals surface area contributed by atoms with E-state index in [1.807, 2.05) is 0 Å². The molecule has 0 fully saturated rings. The molecule has 0 saturated carbocycles. The third kappa shape index (κ3) is 4.64. The standard InChI is InChI=1S/C12H15ClFNO/c1-2-16-7-3-6-15-9-10-4-5-11(13)8-12(10)14/h2,4-5,8,15H,1,3,6-7,9H2. The van der Waals surface area contributed by atoms with Gasteiger partial charge in [0.1, 0.15) is 5.82 Å². The molecule has 1 aromatic rings. The van der Waals surface area contributed by atoms with Crippen LogP contribution in [0.3, 0.4) is 0 Å². The van der Waals surface area contributed by atoms with Crippen molar-refractivity contribution >= 4 is 11.6 Å². The Labute approximate surface area is 100 Å². The maximum Gasteiger partial charge on any atom is 0.129 e. The van der Waals surface area contributed by atoms with Gasteiger partial charge in [-0.3, -0.25) is 0 Å². The number of halogens is 2. The van der Waals surface area contributed by atoms with Crippen LogP contribution in [0, 0.1) is 5.82 Å². The summed E-state index contributed by atoms with van der Waals surface area (Å²) < 4.78 is 18.3. The first-order chi connectivity index (χ1) is 7.74. The zero-order valence-electron chi connectivity index (χ0n) is 9.01. The van der Waals surface area contributed by atoms with Crippen LogP contribution >= 0.6 is 11.6 Å². The van der Waals surface area contributed by atoms with E-state index in [2.05, 4.69) is 11.9 Å². The van der Waals surface area contributed by atoms with Crippen LogP contribution in [0.15, 0.2) is 31.0 Å². The summed E-state index contributed by atoms with van der Waals surface area (Å²) in [6, 6.07) is 4.69. The van der Waals surface area contributed by atoms with Gasteiger partial charge in [-0.2, -0.15) is 0 Å². The Hall–Kier alpha value is -1.06. The van der Waals surface area contributed by atoms with Crippen molar-refractivity contribution in [3.05, 3.63) is 47.4 Å². The molecule has 2 nitrogen and oxygen atoms in total. The molecule has 0 spiro atoms. The Kier molecular flexibility index (Phi) is 5.90. The molecule has 4 heteroatoms. The highest BCUT2D eigenvalue weighted by atomic mass is 35.5. The van der Waals surface area contributed by atoms with Gasteiger partial charge in [0.25, 0.3) is 0 Å². The second-order valence-corrected chi connectivity index (χ2v) is 3.74. The predicted molar refractivity (Wildman–Crippen MR) is 63.9 cm³/mol. The van der Waals surface area contributed by atoms with Crippen molar-refractivity contribution in [3.63, 3.8) is 0 Å². The van der Waals surface area contributed by atoms with Gasteiger partial charge in [-0.05, 0) is 25.1 Å². The summed E-state index contributed by atoms with van der Waals surface area (Å²) in [5.74, 6) is -0.276. The first kappa shape index (κ1) is 13.0. The van der Waals surface area contributed by atoms with Crippen LogP contribution < -0.4 is 5.32 Å². The van der Waals surface area contributed by atoms with Gasteiger partial charge in [0.2, 0.25) is 0 Å². The summed E-state index contributed by atoms with van der Waals surface area (Å²) in [6.07, 6.45) is 2.28. The first-order valence-corrected chi connectivity index (χ1v) is 5.49. The van der Waals surface area contributed by atoms with E-state index in [1.54, 1.807) is 12.1 Å². The number of hydrogen-bond donors (Lipinski definition) is 1. The largest absolute Gasteiger partial charge is 0.502 e. The summed E-state index contributed by atoms with van der Waals surface area (Å²) in [7, 11) is 0. The van der Waals surface area contributed by atoms with E-state index in [0.29, 0.717) is 23.7 Å². The lowest BCUT2D eigenvalue weighted by atomic mass is 10.2. The SMILES string of the molecule is C=COCCCNCc1ccc(Cl)cc1F. The summed E-state index contributed by atoms with van der Waals surface area (Å²) in [5.41, 5.74) is 0.619. The molecule has 0 atom stereocenters. The molecule has 0 radical (unpaired) electrons. The molecule has 0 aliphatic carbocycles. The van der Waals surface area contributed by atoms with E-state index in [-0.39, 0.29) is 5.82 Å². The van der Waals surface area contributed by atoms with Crippen LogP contribution in [-0.2, 0) is 11.3 Å². The van der Waals surface area contributed by atoms with E-state index in [9.17, 15) is 4.39 Å². The van der Waals surface area contributed by atoms with Crippen molar-refractivity contribution in [3.8, 4) is 0 Å². The fraction of sp³-hybridized carbons (Fsp3) is 0.333. The maximum absolute atomic E-state index is 13.3. The number of ether oxygens (including phenoxy) is 1. The van der Waals surface area contributed by atoms with Gasteiger partial charge in [-0.1, -0.05) is 24.2 Å². The van der Waals surface area contributed by atoms with Crippen LogP contribution in [0.25, 0.3) is 0 Å². The predicted octanol–water partition coefficient (Wildman–Crippen LogP) is 3.12. The highest BCUT2D eigenvalue weighted by molar-refractivity contribution is 6.30. The van der Waals surface area contributed by atoms with Crippen LogP contribution in [0.4, 0.5) is 4.39 Å². The molecule has 88 valence electrons. The quantitative estimate of drug-likeness (QED) is 0.587. The molecule has 1 rings (SSSR count). The molecule has 0 unspecified atom stereocenters. The molecule has 0 aromatic heterocycles. The second kappa shape index (κ2) is 7.25. The van der Waals surface area contributed by atoms with Crippen LogP contribution in [0.5, 0.6) is 0 Å². The van der Waals surface area contributed by atoms with E-state index >= 15 is 0 Å². The van der Waals surface area contributed by atoms with Crippen LogP contribution in [0.2, 0.25) is 5.02 Å². The molecular formula is C12H15ClFNO. The summed E-state index contributed by atoms with van der Waals surface area (Å²) in [4.78, 5) is 0. The smallest absolute Gasteiger partial charge is 0.129 e. The van der Waals surface area contributed by atoms with Crippen molar-refractivity contribution < 1.29 is 9.13 Å². The zero-order chi connectivity index (χ0) is 11.8. The van der Waals surface area contributed by atoms with Crippen LogP contribution in [-0.4, -0.2) is 13.2 Å². The minimum absolute atomic E-state index is 0.276. The topological polar surface area (TPSA) is 21.3 Å². The van der Waals surface area contributed by atoms with Crippen molar-refractivity contribution in [2.75, 3.05) is 13.2 Å². The van der Waals surface area contributed by atoms with E-state index in [0.717, 1.165) is 13.0 Å². The van der Waals surface area contributed by atoms with Gasteiger partial charge in [0.15, 0.2) is 0 Å². The number of hydrogen-bond acceptors (Lipinski definition) is 2. The Morgan fingerprint density at radius 2 is 2.31 bits per heavy atom. The number of nitrogens with one attached hydrogen (secondary N) is 1. The normalized spacial score (nSPS) is 10.1. The average molecular weight is 244 g/mol. The third-order valence-electron chi connectivity index (χ3n) is 2.06. The third-order valence-corrected chi connectivity index (χ3v) is 2.30. The van der Waals surface area contributed by atoms with Crippen molar-refractivity contribution in [2.24, 2.45) is 0 Å². The van der Waals surface area contributed by atoms with Gasteiger partial charge in [0.05, 0.1) is 12.9 Å². The van der Waals surface area contributed by atoms with Gasteiger partial charge in [-0.15, -0.1) is 0 Å². The van der Waals surface area contributed by atoms with Gasteiger partial charge in [-0.25, -0.2) is 4.39 Å². The lowest BCUT2D eigenvalue weighted by Crippen LogP contribution is -2.16. The molecule has 16 heavy (non-hydrogen) atoms. The zero-order valence-corrected chi connectivity index (χ0v) is 9.77. The molecule has 0 heterocycles. The minimum atomic E-state index is -0.276. The summed E-state index contributed by atoms with van der Waals surface area (Å²) in [5, 5.41) is 3.54. The summed E-state index contributed by atoms with van der Waals surface area (Å²) in [6.45, 7) is 5.34. The fourth-order valence-electron chi connectivity index (χ4n) is 1.25. The number of rotatable bonds is 7. The Balaban J connectivity index is 2.24. The van der Waals surface area contributed by atoms with Gasteiger partial charge < -0.3 is 10.1 Å². The molecule has 0 bridgehead atoms. The average Bonchev–Trinajstić information content (AvgIpc) is 2.26. The highest BCUT2D eigenvalue weighted by Crippen LogP contribution is 2.14. The van der Waals surface area contributed by atoms with E-state index in [1.165, 1.54) is 12.3 Å².